The summed E-state index contributed by atoms with van der Waals surface area (Å²) in [6, 6.07) is 5.94. The van der Waals surface area contributed by atoms with Crippen LogP contribution in [0.2, 0.25) is 0 Å². The Hall–Kier alpha value is -1.75. The van der Waals surface area contributed by atoms with E-state index >= 15 is 0 Å². The van der Waals surface area contributed by atoms with Crippen molar-refractivity contribution in [3.8, 4) is 11.5 Å². The molecule has 0 aliphatic carbocycles. The molecule has 0 heterocycles. The van der Waals surface area contributed by atoms with E-state index in [-0.39, 0.29) is 5.91 Å². The van der Waals surface area contributed by atoms with Crippen molar-refractivity contribution >= 4 is 5.91 Å². The number of likely N-dealkylation sites (N-methyl/N-ethyl adjacent to an activating group) is 1. The van der Waals surface area contributed by atoms with E-state index < -0.39 is 6.10 Å². The van der Waals surface area contributed by atoms with Crippen LogP contribution in [0.4, 0.5) is 0 Å². The maximum Gasteiger partial charge on any atom is 0.260 e. The molecule has 0 aromatic heterocycles. The van der Waals surface area contributed by atoms with Gasteiger partial charge in [0.25, 0.3) is 5.91 Å². The van der Waals surface area contributed by atoms with Gasteiger partial charge in [0.15, 0.2) is 6.10 Å². The molecule has 1 unspecified atom stereocenters. The monoisotopic (exact) mass is 280 g/mol. The van der Waals surface area contributed by atoms with Gasteiger partial charge in [-0.05, 0) is 25.1 Å². The van der Waals surface area contributed by atoms with E-state index in [0.29, 0.717) is 18.3 Å². The second kappa shape index (κ2) is 7.75. The molecule has 112 valence electrons. The molecule has 0 spiro atoms. The zero-order valence-corrected chi connectivity index (χ0v) is 12.8. The van der Waals surface area contributed by atoms with Crippen molar-refractivity contribution in [3.63, 3.8) is 0 Å². The first-order chi connectivity index (χ1) is 9.47. The number of nitrogens with one attached hydrogen (secondary N) is 2. The average molecular weight is 280 g/mol. The van der Waals surface area contributed by atoms with Crippen molar-refractivity contribution < 1.29 is 14.3 Å². The predicted octanol–water partition coefficient (Wildman–Crippen LogP) is 1.71. The molecule has 1 amide bonds. The molecular weight excluding hydrogens is 256 g/mol. The molecule has 0 radical (unpaired) electrons. The normalized spacial score (nSPS) is 12.1. The number of methoxy groups -OCH3 is 1. The molecule has 1 aromatic carbocycles. The van der Waals surface area contributed by atoms with Gasteiger partial charge in [-0.1, -0.05) is 13.8 Å². The lowest BCUT2D eigenvalue weighted by atomic mass is 10.1. The summed E-state index contributed by atoms with van der Waals surface area (Å²) in [5.41, 5.74) is 0.966. The molecule has 0 bridgehead atoms. The van der Waals surface area contributed by atoms with Crippen LogP contribution in [0.15, 0.2) is 18.2 Å². The maximum atomic E-state index is 11.5. The zero-order valence-electron chi connectivity index (χ0n) is 12.8. The molecule has 0 aliphatic heterocycles. The van der Waals surface area contributed by atoms with Gasteiger partial charge in [0.05, 0.1) is 7.11 Å². The molecule has 1 atom stereocenters. The molecule has 2 N–H and O–H groups in total. The van der Waals surface area contributed by atoms with Gasteiger partial charge in [0.2, 0.25) is 0 Å². The van der Waals surface area contributed by atoms with E-state index in [9.17, 15) is 4.79 Å². The van der Waals surface area contributed by atoms with Gasteiger partial charge < -0.3 is 20.1 Å². The standard InChI is InChI=1S/C15H24N2O3/c1-10(2)17-9-12-8-13(19-5)6-7-14(12)20-11(3)15(18)16-4/h6-8,10-11,17H,9H2,1-5H3,(H,16,18). The summed E-state index contributed by atoms with van der Waals surface area (Å²) in [4.78, 5) is 11.5. The van der Waals surface area contributed by atoms with Gasteiger partial charge in [-0.2, -0.15) is 0 Å². The van der Waals surface area contributed by atoms with E-state index in [1.165, 1.54) is 0 Å². The highest BCUT2D eigenvalue weighted by atomic mass is 16.5. The lowest BCUT2D eigenvalue weighted by Gasteiger charge is -2.18. The van der Waals surface area contributed by atoms with E-state index in [1.807, 2.05) is 18.2 Å². The Morgan fingerprint density at radius 1 is 1.30 bits per heavy atom. The van der Waals surface area contributed by atoms with Crippen LogP contribution in [-0.4, -0.2) is 32.2 Å². The molecule has 1 rings (SSSR count). The van der Waals surface area contributed by atoms with E-state index in [0.717, 1.165) is 11.3 Å². The zero-order chi connectivity index (χ0) is 15.1. The third kappa shape index (κ3) is 4.74. The van der Waals surface area contributed by atoms with E-state index in [1.54, 1.807) is 21.1 Å². The third-order valence-electron chi connectivity index (χ3n) is 2.89. The van der Waals surface area contributed by atoms with Crippen LogP contribution in [0, 0.1) is 0 Å². The van der Waals surface area contributed by atoms with Crippen molar-refractivity contribution in [2.75, 3.05) is 14.2 Å². The van der Waals surface area contributed by atoms with Crippen molar-refractivity contribution in [2.24, 2.45) is 0 Å². The number of rotatable bonds is 7. The number of hydrogen-bond acceptors (Lipinski definition) is 4. The van der Waals surface area contributed by atoms with Gasteiger partial charge in [-0.25, -0.2) is 0 Å². The Bertz CT molecular complexity index is 447. The highest BCUT2D eigenvalue weighted by Crippen LogP contribution is 2.25. The average Bonchev–Trinajstić information content (AvgIpc) is 2.44. The van der Waals surface area contributed by atoms with Crippen molar-refractivity contribution in [3.05, 3.63) is 23.8 Å². The van der Waals surface area contributed by atoms with Crippen LogP contribution >= 0.6 is 0 Å². The fraction of sp³-hybridized carbons (Fsp3) is 0.533. The predicted molar refractivity (Wildman–Crippen MR) is 79.1 cm³/mol. The smallest absolute Gasteiger partial charge is 0.260 e. The van der Waals surface area contributed by atoms with Gasteiger partial charge in [0.1, 0.15) is 11.5 Å². The van der Waals surface area contributed by atoms with Gasteiger partial charge in [-0.3, -0.25) is 4.79 Å². The third-order valence-corrected chi connectivity index (χ3v) is 2.89. The van der Waals surface area contributed by atoms with Crippen LogP contribution in [0.3, 0.4) is 0 Å². The van der Waals surface area contributed by atoms with Crippen LogP contribution in [0.5, 0.6) is 11.5 Å². The first-order valence-electron chi connectivity index (χ1n) is 6.76. The summed E-state index contributed by atoms with van der Waals surface area (Å²) in [5.74, 6) is 1.31. The summed E-state index contributed by atoms with van der Waals surface area (Å²) >= 11 is 0. The topological polar surface area (TPSA) is 59.6 Å². The Morgan fingerprint density at radius 2 is 2.00 bits per heavy atom. The number of carbonyl (C=O) groups is 1. The fourth-order valence-electron chi connectivity index (χ4n) is 1.70. The molecule has 20 heavy (non-hydrogen) atoms. The number of amides is 1. The Kier molecular flexibility index (Phi) is 6.31. The van der Waals surface area contributed by atoms with Gasteiger partial charge in [0, 0.05) is 25.2 Å². The second-order valence-corrected chi connectivity index (χ2v) is 4.88. The minimum atomic E-state index is -0.536. The van der Waals surface area contributed by atoms with Gasteiger partial charge >= 0.3 is 0 Å². The molecule has 5 heteroatoms. The first-order valence-corrected chi connectivity index (χ1v) is 6.76. The minimum Gasteiger partial charge on any atom is -0.497 e. The largest absolute Gasteiger partial charge is 0.497 e. The highest BCUT2D eigenvalue weighted by Gasteiger charge is 2.15. The summed E-state index contributed by atoms with van der Waals surface area (Å²) in [6.07, 6.45) is -0.536. The molecular formula is C15H24N2O3. The van der Waals surface area contributed by atoms with Crippen molar-refractivity contribution in [1.29, 1.82) is 0 Å². The fourth-order valence-corrected chi connectivity index (χ4v) is 1.70. The Labute approximate surface area is 120 Å². The number of hydrogen-bond donors (Lipinski definition) is 2. The highest BCUT2D eigenvalue weighted by molar-refractivity contribution is 5.80. The van der Waals surface area contributed by atoms with Crippen LogP contribution in [0.25, 0.3) is 0 Å². The maximum absolute atomic E-state index is 11.5. The SMILES string of the molecule is CNC(=O)C(C)Oc1ccc(OC)cc1CNC(C)C. The molecule has 1 aromatic rings. The molecule has 0 saturated heterocycles. The molecule has 5 nitrogen and oxygen atoms in total. The van der Waals surface area contributed by atoms with Gasteiger partial charge in [-0.15, -0.1) is 0 Å². The second-order valence-electron chi connectivity index (χ2n) is 4.88. The van der Waals surface area contributed by atoms with Crippen LogP contribution < -0.4 is 20.1 Å². The quantitative estimate of drug-likeness (QED) is 0.798. The molecule has 0 fully saturated rings. The lowest BCUT2D eigenvalue weighted by molar-refractivity contribution is -0.126. The lowest BCUT2D eigenvalue weighted by Crippen LogP contribution is -2.34. The minimum absolute atomic E-state index is 0.149. The molecule has 0 saturated carbocycles. The summed E-state index contributed by atoms with van der Waals surface area (Å²) < 4.78 is 10.9. The Balaban J connectivity index is 2.89. The van der Waals surface area contributed by atoms with Crippen molar-refractivity contribution in [2.45, 2.75) is 39.5 Å². The Morgan fingerprint density at radius 3 is 2.55 bits per heavy atom. The summed E-state index contributed by atoms with van der Waals surface area (Å²) in [6.45, 7) is 6.54. The van der Waals surface area contributed by atoms with Crippen LogP contribution in [-0.2, 0) is 11.3 Å². The van der Waals surface area contributed by atoms with E-state index in [2.05, 4.69) is 24.5 Å². The first kappa shape index (κ1) is 16.3. The number of ether oxygens (including phenoxy) is 2. The summed E-state index contributed by atoms with van der Waals surface area (Å²) in [7, 11) is 3.22. The number of benzene rings is 1. The number of carbonyl (C=O) groups excluding carboxylic acids is 1. The van der Waals surface area contributed by atoms with E-state index in [4.69, 9.17) is 9.47 Å². The van der Waals surface area contributed by atoms with Crippen molar-refractivity contribution in [1.82, 2.24) is 10.6 Å². The van der Waals surface area contributed by atoms with Crippen LogP contribution in [0.1, 0.15) is 26.3 Å². The molecule has 0 aliphatic rings. The summed E-state index contributed by atoms with van der Waals surface area (Å²) in [5, 5.41) is 5.91.